The van der Waals surface area contributed by atoms with Crippen molar-refractivity contribution in [1.29, 1.82) is 0 Å². The molecule has 3 nitrogen and oxygen atoms in total. The Morgan fingerprint density at radius 1 is 1.07 bits per heavy atom. The van der Waals surface area contributed by atoms with Crippen molar-refractivity contribution in [2.45, 2.75) is 50.2 Å². The summed E-state index contributed by atoms with van der Waals surface area (Å²) in [6.45, 7) is 2.57. The number of rotatable bonds is 2. The third-order valence-electron chi connectivity index (χ3n) is 4.18. The quantitative estimate of drug-likeness (QED) is 0.736. The summed E-state index contributed by atoms with van der Waals surface area (Å²) in [4.78, 5) is 5.06. The molecule has 2 N–H and O–H groups in total. The minimum atomic E-state index is 0.480. The number of nitrogens with two attached hydrogens (primary N) is 1. The van der Waals surface area contributed by atoms with Crippen molar-refractivity contribution in [1.82, 2.24) is 9.80 Å². The van der Waals surface area contributed by atoms with Crippen LogP contribution < -0.4 is 5.73 Å². The van der Waals surface area contributed by atoms with Gasteiger partial charge in [0.05, 0.1) is 0 Å². The summed E-state index contributed by atoms with van der Waals surface area (Å²) in [6, 6.07) is 2.09. The lowest BCUT2D eigenvalue weighted by Gasteiger charge is -2.33. The Hall–Kier alpha value is -0.120. The standard InChI is InChI=1S/C12H25N3/c1-14(2)12-7-8-15(9-12)11-5-3-10(13)4-6-11/h10-12H,3-9,13H2,1-2H3. The fourth-order valence-electron chi connectivity index (χ4n) is 2.99. The second-order valence-corrected chi connectivity index (χ2v) is 5.47. The fourth-order valence-corrected chi connectivity index (χ4v) is 2.99. The summed E-state index contributed by atoms with van der Waals surface area (Å²) in [5.74, 6) is 0. The molecule has 3 heteroatoms. The highest BCUT2D eigenvalue weighted by Gasteiger charge is 2.30. The minimum absolute atomic E-state index is 0.480. The van der Waals surface area contributed by atoms with Gasteiger partial charge in [0.1, 0.15) is 0 Å². The Balaban J connectivity index is 1.80. The molecule has 2 fully saturated rings. The highest BCUT2D eigenvalue weighted by molar-refractivity contribution is 4.88. The van der Waals surface area contributed by atoms with Crippen molar-refractivity contribution in [2.75, 3.05) is 27.2 Å². The van der Waals surface area contributed by atoms with E-state index in [-0.39, 0.29) is 0 Å². The lowest BCUT2D eigenvalue weighted by molar-refractivity contribution is 0.169. The predicted molar refractivity (Wildman–Crippen MR) is 63.9 cm³/mol. The van der Waals surface area contributed by atoms with Gasteiger partial charge in [-0.25, -0.2) is 0 Å². The molecule has 1 saturated heterocycles. The lowest BCUT2D eigenvalue weighted by atomic mass is 9.91. The number of likely N-dealkylation sites (N-methyl/N-ethyl adjacent to an activating group) is 1. The minimum Gasteiger partial charge on any atom is -0.328 e. The van der Waals surface area contributed by atoms with Crippen molar-refractivity contribution >= 4 is 0 Å². The number of likely N-dealkylation sites (tertiary alicyclic amines) is 1. The molecule has 2 aliphatic rings. The second-order valence-electron chi connectivity index (χ2n) is 5.47. The Bertz CT molecular complexity index is 197. The van der Waals surface area contributed by atoms with E-state index in [1.165, 1.54) is 45.2 Å². The van der Waals surface area contributed by atoms with Crippen molar-refractivity contribution in [3.8, 4) is 0 Å². The van der Waals surface area contributed by atoms with E-state index in [1.54, 1.807) is 0 Å². The molecule has 15 heavy (non-hydrogen) atoms. The van der Waals surface area contributed by atoms with Crippen LogP contribution in [0.15, 0.2) is 0 Å². The molecular formula is C12H25N3. The molecule has 1 aliphatic heterocycles. The number of hydrogen-bond donors (Lipinski definition) is 1. The van der Waals surface area contributed by atoms with Gasteiger partial charge in [0.25, 0.3) is 0 Å². The van der Waals surface area contributed by atoms with Gasteiger partial charge in [-0.05, 0) is 46.2 Å². The van der Waals surface area contributed by atoms with E-state index in [9.17, 15) is 0 Å². The average Bonchev–Trinajstić information content (AvgIpc) is 2.68. The van der Waals surface area contributed by atoms with E-state index in [2.05, 4.69) is 23.9 Å². The third kappa shape index (κ3) is 2.71. The molecule has 0 amide bonds. The first-order valence-corrected chi connectivity index (χ1v) is 6.33. The molecule has 1 aliphatic carbocycles. The average molecular weight is 211 g/mol. The Kier molecular flexibility index (Phi) is 3.65. The maximum atomic E-state index is 5.94. The highest BCUT2D eigenvalue weighted by Crippen LogP contribution is 2.26. The maximum absolute atomic E-state index is 5.94. The van der Waals surface area contributed by atoms with E-state index >= 15 is 0 Å². The van der Waals surface area contributed by atoms with Gasteiger partial charge in [-0.2, -0.15) is 0 Å². The Morgan fingerprint density at radius 2 is 1.73 bits per heavy atom. The van der Waals surface area contributed by atoms with Crippen LogP contribution in [0.1, 0.15) is 32.1 Å². The molecule has 1 atom stereocenters. The van der Waals surface area contributed by atoms with E-state index in [4.69, 9.17) is 5.73 Å². The highest BCUT2D eigenvalue weighted by atomic mass is 15.2. The number of nitrogens with zero attached hydrogens (tertiary/aromatic N) is 2. The van der Waals surface area contributed by atoms with Crippen LogP contribution in [-0.2, 0) is 0 Å². The van der Waals surface area contributed by atoms with E-state index < -0.39 is 0 Å². The van der Waals surface area contributed by atoms with Crippen LogP contribution in [0.3, 0.4) is 0 Å². The van der Waals surface area contributed by atoms with Gasteiger partial charge in [0, 0.05) is 31.2 Å². The van der Waals surface area contributed by atoms with E-state index in [0.717, 1.165) is 12.1 Å². The van der Waals surface area contributed by atoms with Crippen LogP contribution in [-0.4, -0.2) is 55.1 Å². The largest absolute Gasteiger partial charge is 0.328 e. The Morgan fingerprint density at radius 3 is 2.27 bits per heavy atom. The molecule has 1 saturated carbocycles. The van der Waals surface area contributed by atoms with Crippen molar-refractivity contribution in [3.63, 3.8) is 0 Å². The summed E-state index contributed by atoms with van der Waals surface area (Å²) in [5, 5.41) is 0. The zero-order valence-corrected chi connectivity index (χ0v) is 10.2. The first kappa shape index (κ1) is 11.4. The van der Waals surface area contributed by atoms with Crippen LogP contribution in [0.5, 0.6) is 0 Å². The first-order valence-electron chi connectivity index (χ1n) is 6.33. The molecular weight excluding hydrogens is 186 g/mol. The van der Waals surface area contributed by atoms with Crippen LogP contribution in [0, 0.1) is 0 Å². The van der Waals surface area contributed by atoms with Gasteiger partial charge < -0.3 is 10.6 Å². The first-order chi connectivity index (χ1) is 7.16. The molecule has 0 aromatic carbocycles. The fraction of sp³-hybridized carbons (Fsp3) is 1.00. The van der Waals surface area contributed by atoms with Gasteiger partial charge >= 0.3 is 0 Å². The predicted octanol–water partition coefficient (Wildman–Crippen LogP) is 0.892. The normalized spacial score (nSPS) is 38.8. The third-order valence-corrected chi connectivity index (χ3v) is 4.18. The summed E-state index contributed by atoms with van der Waals surface area (Å²) in [7, 11) is 4.40. The summed E-state index contributed by atoms with van der Waals surface area (Å²) in [5.41, 5.74) is 5.94. The van der Waals surface area contributed by atoms with Crippen molar-refractivity contribution < 1.29 is 0 Å². The zero-order valence-electron chi connectivity index (χ0n) is 10.2. The Labute approximate surface area is 93.6 Å². The van der Waals surface area contributed by atoms with Crippen molar-refractivity contribution in [2.24, 2.45) is 5.73 Å². The lowest BCUT2D eigenvalue weighted by Crippen LogP contribution is -2.41. The van der Waals surface area contributed by atoms with Crippen LogP contribution in [0.4, 0.5) is 0 Å². The zero-order chi connectivity index (χ0) is 10.8. The van der Waals surface area contributed by atoms with E-state index in [0.29, 0.717) is 6.04 Å². The van der Waals surface area contributed by atoms with Crippen LogP contribution in [0.2, 0.25) is 0 Å². The molecule has 0 aromatic rings. The smallest absolute Gasteiger partial charge is 0.0229 e. The molecule has 1 unspecified atom stereocenters. The molecule has 0 radical (unpaired) electrons. The van der Waals surface area contributed by atoms with Gasteiger partial charge in [0.2, 0.25) is 0 Å². The van der Waals surface area contributed by atoms with Gasteiger partial charge in [-0.1, -0.05) is 0 Å². The van der Waals surface area contributed by atoms with Crippen LogP contribution >= 0.6 is 0 Å². The molecule has 1 heterocycles. The number of hydrogen-bond acceptors (Lipinski definition) is 3. The molecule has 0 bridgehead atoms. The molecule has 88 valence electrons. The van der Waals surface area contributed by atoms with Gasteiger partial charge in [-0.3, -0.25) is 4.90 Å². The molecule has 0 spiro atoms. The second kappa shape index (κ2) is 4.81. The topological polar surface area (TPSA) is 32.5 Å². The summed E-state index contributed by atoms with van der Waals surface area (Å²) < 4.78 is 0. The van der Waals surface area contributed by atoms with Crippen LogP contribution in [0.25, 0.3) is 0 Å². The summed E-state index contributed by atoms with van der Waals surface area (Å²) >= 11 is 0. The van der Waals surface area contributed by atoms with Gasteiger partial charge in [-0.15, -0.1) is 0 Å². The maximum Gasteiger partial charge on any atom is 0.0229 e. The molecule has 2 rings (SSSR count). The SMILES string of the molecule is CN(C)C1CCN(C2CCC(N)CC2)C1. The van der Waals surface area contributed by atoms with E-state index in [1.807, 2.05) is 0 Å². The summed E-state index contributed by atoms with van der Waals surface area (Å²) in [6.07, 6.45) is 6.44. The molecule has 0 aromatic heterocycles. The monoisotopic (exact) mass is 211 g/mol. The van der Waals surface area contributed by atoms with Gasteiger partial charge in [0.15, 0.2) is 0 Å². The van der Waals surface area contributed by atoms with Crippen molar-refractivity contribution in [3.05, 3.63) is 0 Å².